The summed E-state index contributed by atoms with van der Waals surface area (Å²) in [5, 5.41) is 2.65. The van der Waals surface area contributed by atoms with Crippen LogP contribution in [0.3, 0.4) is 0 Å². The molecule has 0 radical (unpaired) electrons. The highest BCUT2D eigenvalue weighted by molar-refractivity contribution is 5.97. The second-order valence-electron chi connectivity index (χ2n) is 6.03. The van der Waals surface area contributed by atoms with Crippen LogP contribution in [0.5, 0.6) is 0 Å². The standard InChI is InChI=1S/C18H24N2O4/c1-4-20(5-2)17(22)13-7-6-8-14(10-13)19-16(21)11-24-18(23)15-9-12(15)3/h6-8,10,12,15H,4-5,9,11H2,1-3H3,(H,19,21)/t12-,15+/m0/s1. The van der Waals surface area contributed by atoms with E-state index in [2.05, 4.69) is 5.32 Å². The molecule has 2 atom stereocenters. The molecule has 0 aromatic heterocycles. The third-order valence-corrected chi connectivity index (χ3v) is 4.20. The third-order valence-electron chi connectivity index (χ3n) is 4.20. The van der Waals surface area contributed by atoms with Gasteiger partial charge in [-0.1, -0.05) is 13.0 Å². The van der Waals surface area contributed by atoms with Crippen molar-refractivity contribution in [1.29, 1.82) is 0 Å². The van der Waals surface area contributed by atoms with Gasteiger partial charge in [0.15, 0.2) is 6.61 Å². The van der Waals surface area contributed by atoms with Crippen LogP contribution in [0, 0.1) is 11.8 Å². The van der Waals surface area contributed by atoms with E-state index in [1.165, 1.54) is 0 Å². The Kier molecular flexibility index (Phi) is 5.95. The number of carbonyl (C=O) groups excluding carboxylic acids is 3. The first-order chi connectivity index (χ1) is 11.5. The van der Waals surface area contributed by atoms with Crippen molar-refractivity contribution in [3.8, 4) is 0 Å². The summed E-state index contributed by atoms with van der Waals surface area (Å²) in [7, 11) is 0. The van der Waals surface area contributed by atoms with Crippen LogP contribution in [0.25, 0.3) is 0 Å². The van der Waals surface area contributed by atoms with E-state index in [0.29, 0.717) is 30.3 Å². The van der Waals surface area contributed by atoms with Gasteiger partial charge in [0.2, 0.25) is 0 Å². The first-order valence-corrected chi connectivity index (χ1v) is 8.32. The number of esters is 1. The van der Waals surface area contributed by atoms with E-state index in [1.54, 1.807) is 29.2 Å². The van der Waals surface area contributed by atoms with Gasteiger partial charge in [-0.2, -0.15) is 0 Å². The van der Waals surface area contributed by atoms with Gasteiger partial charge in [0.1, 0.15) is 0 Å². The fraction of sp³-hybridized carbons (Fsp3) is 0.500. The summed E-state index contributed by atoms with van der Waals surface area (Å²) >= 11 is 0. The minimum Gasteiger partial charge on any atom is -0.455 e. The largest absolute Gasteiger partial charge is 0.455 e. The lowest BCUT2D eigenvalue weighted by molar-refractivity contribution is -0.148. The van der Waals surface area contributed by atoms with Crippen LogP contribution < -0.4 is 5.32 Å². The fourth-order valence-corrected chi connectivity index (χ4v) is 2.51. The van der Waals surface area contributed by atoms with Crippen molar-refractivity contribution in [3.63, 3.8) is 0 Å². The summed E-state index contributed by atoms with van der Waals surface area (Å²) in [6, 6.07) is 6.75. The SMILES string of the molecule is CCN(CC)C(=O)c1cccc(NC(=O)COC(=O)[C@@H]2C[C@@H]2C)c1. The molecule has 24 heavy (non-hydrogen) atoms. The quantitative estimate of drug-likeness (QED) is 0.778. The zero-order chi connectivity index (χ0) is 17.7. The van der Waals surface area contributed by atoms with E-state index < -0.39 is 5.91 Å². The van der Waals surface area contributed by atoms with Crippen molar-refractivity contribution in [2.45, 2.75) is 27.2 Å². The Hall–Kier alpha value is -2.37. The molecular weight excluding hydrogens is 308 g/mol. The molecule has 6 nitrogen and oxygen atoms in total. The molecule has 1 aliphatic rings. The van der Waals surface area contributed by atoms with E-state index in [-0.39, 0.29) is 24.4 Å². The topological polar surface area (TPSA) is 75.7 Å². The summed E-state index contributed by atoms with van der Waals surface area (Å²) in [6.07, 6.45) is 0.829. The van der Waals surface area contributed by atoms with Crippen LogP contribution >= 0.6 is 0 Å². The molecule has 0 spiro atoms. The average Bonchev–Trinajstić information content (AvgIpc) is 3.31. The molecule has 0 saturated heterocycles. The van der Waals surface area contributed by atoms with E-state index in [4.69, 9.17) is 4.74 Å². The number of anilines is 1. The maximum absolute atomic E-state index is 12.3. The molecule has 0 aliphatic heterocycles. The molecule has 0 bridgehead atoms. The number of rotatable bonds is 7. The van der Waals surface area contributed by atoms with Crippen molar-refractivity contribution in [1.82, 2.24) is 4.90 Å². The fourth-order valence-electron chi connectivity index (χ4n) is 2.51. The number of benzene rings is 1. The van der Waals surface area contributed by atoms with Crippen LogP contribution in [0.1, 0.15) is 37.6 Å². The van der Waals surface area contributed by atoms with Gasteiger partial charge in [-0.25, -0.2) is 0 Å². The number of amides is 2. The van der Waals surface area contributed by atoms with Gasteiger partial charge in [0.05, 0.1) is 5.92 Å². The van der Waals surface area contributed by atoms with Gasteiger partial charge in [-0.3, -0.25) is 14.4 Å². The normalized spacial score (nSPS) is 18.6. The van der Waals surface area contributed by atoms with E-state index in [1.807, 2.05) is 20.8 Å². The third kappa shape index (κ3) is 4.57. The first-order valence-electron chi connectivity index (χ1n) is 8.32. The maximum atomic E-state index is 12.3. The first kappa shape index (κ1) is 18.0. The molecule has 1 saturated carbocycles. The smallest absolute Gasteiger partial charge is 0.309 e. The Morgan fingerprint density at radius 2 is 1.92 bits per heavy atom. The van der Waals surface area contributed by atoms with E-state index >= 15 is 0 Å². The second-order valence-corrected chi connectivity index (χ2v) is 6.03. The van der Waals surface area contributed by atoms with E-state index in [0.717, 1.165) is 6.42 Å². The summed E-state index contributed by atoms with van der Waals surface area (Å²) in [6.45, 7) is 6.76. The van der Waals surface area contributed by atoms with Crippen molar-refractivity contribution in [3.05, 3.63) is 29.8 Å². The van der Waals surface area contributed by atoms with Gasteiger partial charge >= 0.3 is 5.97 Å². The molecule has 1 aromatic carbocycles. The van der Waals surface area contributed by atoms with Gasteiger partial charge in [0.25, 0.3) is 11.8 Å². The molecule has 2 amide bonds. The molecular formula is C18H24N2O4. The summed E-state index contributed by atoms with van der Waals surface area (Å²) in [4.78, 5) is 37.5. The Labute approximate surface area is 142 Å². The highest BCUT2D eigenvalue weighted by atomic mass is 16.5. The molecule has 6 heteroatoms. The number of hydrogen-bond donors (Lipinski definition) is 1. The van der Waals surface area contributed by atoms with Gasteiger partial charge in [0, 0.05) is 24.3 Å². The van der Waals surface area contributed by atoms with Crippen LogP contribution in [-0.2, 0) is 14.3 Å². The van der Waals surface area contributed by atoms with Gasteiger partial charge in [-0.05, 0) is 44.4 Å². The molecule has 1 aliphatic carbocycles. The predicted molar refractivity (Wildman–Crippen MR) is 90.6 cm³/mol. The molecule has 130 valence electrons. The van der Waals surface area contributed by atoms with Gasteiger partial charge < -0.3 is 15.0 Å². The second kappa shape index (κ2) is 7.95. The average molecular weight is 332 g/mol. The molecule has 0 heterocycles. The number of carbonyl (C=O) groups is 3. The lowest BCUT2D eigenvalue weighted by Crippen LogP contribution is -2.30. The van der Waals surface area contributed by atoms with Gasteiger partial charge in [-0.15, -0.1) is 0 Å². The van der Waals surface area contributed by atoms with Crippen LogP contribution in [0.15, 0.2) is 24.3 Å². The van der Waals surface area contributed by atoms with Crippen molar-refractivity contribution in [2.75, 3.05) is 25.0 Å². The van der Waals surface area contributed by atoms with E-state index in [9.17, 15) is 14.4 Å². The lowest BCUT2D eigenvalue weighted by Gasteiger charge is -2.19. The molecule has 1 aromatic rings. The zero-order valence-corrected chi connectivity index (χ0v) is 14.4. The predicted octanol–water partition coefficient (Wildman–Crippen LogP) is 2.31. The summed E-state index contributed by atoms with van der Waals surface area (Å²) in [5.41, 5.74) is 1.02. The highest BCUT2D eigenvalue weighted by Crippen LogP contribution is 2.38. The lowest BCUT2D eigenvalue weighted by atomic mass is 10.1. The Balaban J connectivity index is 1.90. The molecule has 1 fully saturated rings. The van der Waals surface area contributed by atoms with Crippen molar-refractivity contribution < 1.29 is 19.1 Å². The minimum atomic E-state index is -0.413. The van der Waals surface area contributed by atoms with Crippen molar-refractivity contribution in [2.24, 2.45) is 11.8 Å². The highest BCUT2D eigenvalue weighted by Gasteiger charge is 2.40. The molecule has 2 rings (SSSR count). The van der Waals surface area contributed by atoms with Crippen LogP contribution in [-0.4, -0.2) is 42.4 Å². The van der Waals surface area contributed by atoms with Crippen LogP contribution in [0.4, 0.5) is 5.69 Å². The van der Waals surface area contributed by atoms with Crippen LogP contribution in [0.2, 0.25) is 0 Å². The number of nitrogens with one attached hydrogen (secondary N) is 1. The Morgan fingerprint density at radius 1 is 1.25 bits per heavy atom. The Bertz CT molecular complexity index is 625. The molecule has 1 N–H and O–H groups in total. The monoisotopic (exact) mass is 332 g/mol. The zero-order valence-electron chi connectivity index (χ0n) is 14.4. The number of ether oxygens (including phenoxy) is 1. The summed E-state index contributed by atoms with van der Waals surface area (Å²) < 4.78 is 4.99. The van der Waals surface area contributed by atoms with Crippen molar-refractivity contribution >= 4 is 23.5 Å². The maximum Gasteiger partial charge on any atom is 0.309 e. The Morgan fingerprint density at radius 3 is 2.50 bits per heavy atom. The molecule has 0 unspecified atom stereocenters. The number of nitrogens with zero attached hydrogens (tertiary/aromatic N) is 1. The summed E-state index contributed by atoms with van der Waals surface area (Å²) in [5.74, 6) is -0.520. The number of hydrogen-bond acceptors (Lipinski definition) is 4. The minimum absolute atomic E-state index is 0.0622.